The lowest BCUT2D eigenvalue weighted by Gasteiger charge is -1.38. The first-order chi connectivity index (χ1) is 3.50. The van der Waals surface area contributed by atoms with Crippen LogP contribution in [0.4, 0.5) is 0 Å². The minimum Gasteiger partial charge on any atom is -0.295 e. The molecule has 36 valence electrons. The predicted molar refractivity (Wildman–Crippen MR) is 29.9 cm³/mol. The molecule has 1 nitrogen and oxygen atoms in total. The van der Waals surface area contributed by atoms with Crippen molar-refractivity contribution in [3.8, 4) is 0 Å². The van der Waals surface area contributed by atoms with Gasteiger partial charge in [-0.3, -0.25) is 4.79 Å². The van der Waals surface area contributed by atoms with Crippen LogP contribution in [0.2, 0.25) is 0 Å². The number of hydrogen-bond donors (Lipinski definition) is 0. The van der Waals surface area contributed by atoms with Gasteiger partial charge in [0.05, 0.1) is 0 Å². The first-order valence-corrected chi connectivity index (χ1v) is 2.51. The molecule has 0 saturated carbocycles. The van der Waals surface area contributed by atoms with Gasteiger partial charge in [0, 0.05) is 5.38 Å². The molecule has 0 atom stereocenters. The molecule has 0 aliphatic heterocycles. The molecule has 1 aromatic heterocycles. The van der Waals surface area contributed by atoms with Crippen molar-refractivity contribution in [2.75, 3.05) is 0 Å². The van der Waals surface area contributed by atoms with Crippen LogP contribution in [0.25, 0.3) is 0 Å². The highest BCUT2D eigenvalue weighted by atomic mass is 32.1. The van der Waals surface area contributed by atoms with Gasteiger partial charge in [0.1, 0.15) is 0 Å². The summed E-state index contributed by atoms with van der Waals surface area (Å²) >= 11 is 1.59. The van der Waals surface area contributed by atoms with Crippen LogP contribution >= 0.6 is 11.3 Å². The molecule has 0 saturated heterocycles. The summed E-state index contributed by atoms with van der Waals surface area (Å²) in [6.45, 7) is 3.25. The van der Waals surface area contributed by atoms with Crippen LogP contribution in [-0.2, 0) is 4.79 Å². The molecule has 0 fully saturated rings. The van der Waals surface area contributed by atoms with Crippen LogP contribution in [0, 0.1) is 5.38 Å². The monoisotopic (exact) mass is 112 g/mol. The minimum atomic E-state index is 1.59. The Hall–Kier alpha value is -0.630. The average molecular weight is 112 g/mol. The van der Waals surface area contributed by atoms with Crippen molar-refractivity contribution in [1.29, 1.82) is 0 Å². The van der Waals surface area contributed by atoms with Crippen LogP contribution in [-0.4, -0.2) is 6.79 Å². The predicted octanol–water partition coefficient (Wildman–Crippen LogP) is 1.27. The number of carbonyl (C=O) groups excluding carboxylic acids is 1. The Kier molecular flexibility index (Phi) is 4.89. The van der Waals surface area contributed by atoms with Crippen molar-refractivity contribution in [1.82, 2.24) is 0 Å². The fourth-order valence-electron chi connectivity index (χ4n) is 0.196. The van der Waals surface area contributed by atoms with Gasteiger partial charge in [-0.05, 0) is 11.4 Å². The van der Waals surface area contributed by atoms with Gasteiger partial charge in [-0.2, -0.15) is 0 Å². The molecule has 0 spiro atoms. The van der Waals surface area contributed by atoms with E-state index in [1.165, 1.54) is 0 Å². The van der Waals surface area contributed by atoms with E-state index in [0.29, 0.717) is 0 Å². The molecule has 1 aromatic rings. The van der Waals surface area contributed by atoms with Gasteiger partial charge < -0.3 is 0 Å². The summed E-state index contributed by atoms with van der Waals surface area (Å²) in [5.41, 5.74) is 0. The van der Waals surface area contributed by atoms with Crippen molar-refractivity contribution in [3.05, 3.63) is 22.9 Å². The summed E-state index contributed by atoms with van der Waals surface area (Å²) in [6, 6.07) is 3.86. The fraction of sp³-hybridized carbons (Fsp3) is 0. The van der Waals surface area contributed by atoms with E-state index in [1.807, 2.05) is 17.5 Å². The van der Waals surface area contributed by atoms with E-state index in [9.17, 15) is 0 Å². The average Bonchev–Trinajstić information content (AvgIpc) is 2.23. The quantitative estimate of drug-likeness (QED) is 0.462. The normalized spacial score (nSPS) is 6.29. The number of hydrogen-bond acceptors (Lipinski definition) is 2. The summed E-state index contributed by atoms with van der Waals surface area (Å²) in [5.74, 6) is 0. The highest BCUT2D eigenvalue weighted by Gasteiger charge is 1.60. The maximum Gasteiger partial charge on any atom is 0.182 e. The van der Waals surface area contributed by atoms with E-state index < -0.39 is 0 Å². The Morgan fingerprint density at radius 3 is 2.43 bits per heavy atom. The molecule has 0 aromatic carbocycles. The molecule has 2 heteroatoms. The molecule has 0 amide bonds. The van der Waals surface area contributed by atoms with Crippen molar-refractivity contribution in [2.45, 2.75) is 0 Å². The van der Waals surface area contributed by atoms with E-state index >= 15 is 0 Å². The Morgan fingerprint density at radius 2 is 2.29 bits per heavy atom. The smallest absolute Gasteiger partial charge is 0.182 e. The Balaban J connectivity index is 0.000000162. The van der Waals surface area contributed by atoms with Crippen LogP contribution in [0.15, 0.2) is 17.5 Å². The zero-order valence-corrected chi connectivity index (χ0v) is 4.44. The summed E-state index contributed by atoms with van der Waals surface area (Å²) in [4.78, 5) is 7.75. The van der Waals surface area contributed by atoms with Gasteiger partial charge in [0.25, 0.3) is 0 Å². The first-order valence-electron chi connectivity index (χ1n) is 1.63. The minimum absolute atomic E-state index is 1.59. The van der Waals surface area contributed by atoms with Crippen molar-refractivity contribution in [2.24, 2.45) is 0 Å². The van der Waals surface area contributed by atoms with Crippen LogP contribution < -0.4 is 0 Å². The second-order valence-electron chi connectivity index (χ2n) is 0.731. The molecule has 1 rings (SSSR count). The third-order valence-corrected chi connectivity index (χ3v) is 0.944. The topological polar surface area (TPSA) is 17.1 Å². The van der Waals surface area contributed by atoms with E-state index in [-0.39, 0.29) is 0 Å². The van der Waals surface area contributed by atoms with E-state index in [1.54, 1.807) is 11.3 Å². The second kappa shape index (κ2) is 5.37. The third kappa shape index (κ3) is 3.19. The van der Waals surface area contributed by atoms with Crippen LogP contribution in [0.3, 0.4) is 0 Å². The third-order valence-electron chi connectivity index (χ3n) is 0.379. The molecule has 7 heavy (non-hydrogen) atoms. The highest BCUT2D eigenvalue weighted by molar-refractivity contribution is 7.07. The molecule has 0 unspecified atom stereocenters. The number of thiophene rings is 1. The Morgan fingerprint density at radius 1 is 1.57 bits per heavy atom. The fourth-order valence-corrected chi connectivity index (χ4v) is 0.589. The van der Waals surface area contributed by atoms with Gasteiger partial charge in [0.2, 0.25) is 0 Å². The summed E-state index contributed by atoms with van der Waals surface area (Å²) in [5, 5.41) is 4.89. The second-order valence-corrected chi connectivity index (χ2v) is 1.47. The van der Waals surface area contributed by atoms with Crippen molar-refractivity contribution < 1.29 is 4.79 Å². The van der Waals surface area contributed by atoms with E-state index in [0.717, 1.165) is 0 Å². The maximum atomic E-state index is 7.75. The maximum absolute atomic E-state index is 7.75. The molecule has 0 N–H and O–H groups in total. The zero-order chi connectivity index (χ0) is 5.54. The summed E-state index contributed by atoms with van der Waals surface area (Å²) < 4.78 is 0. The Bertz CT molecular complexity index is 75.0. The largest absolute Gasteiger partial charge is 0.295 e. The molecular weight excluding hydrogens is 108 g/mol. The number of rotatable bonds is 0. The molecule has 1 heterocycles. The van der Waals surface area contributed by atoms with E-state index in [4.69, 9.17) is 4.79 Å². The van der Waals surface area contributed by atoms with Gasteiger partial charge in [-0.15, -0.1) is 11.3 Å². The standard InChI is InChI=1S/C4H3S.CHO/c1-2-4-5-3-1;1-2/h1-3H;1H. The first kappa shape index (κ1) is 6.37. The van der Waals surface area contributed by atoms with Crippen LogP contribution in [0.1, 0.15) is 0 Å². The van der Waals surface area contributed by atoms with Crippen molar-refractivity contribution in [3.63, 3.8) is 0 Å². The van der Waals surface area contributed by atoms with Gasteiger partial charge >= 0.3 is 0 Å². The SMILES string of the molecule is [CH]=O.[c]1cccs1. The Labute approximate surface area is 46.6 Å². The molecule has 0 aliphatic carbocycles. The van der Waals surface area contributed by atoms with Crippen LogP contribution in [0.5, 0.6) is 0 Å². The lowest BCUT2D eigenvalue weighted by Crippen LogP contribution is -1.17. The van der Waals surface area contributed by atoms with Crippen molar-refractivity contribution >= 4 is 18.1 Å². The van der Waals surface area contributed by atoms with Gasteiger partial charge in [-0.25, -0.2) is 0 Å². The summed E-state index contributed by atoms with van der Waals surface area (Å²) in [6.07, 6.45) is 0. The molecule has 0 aliphatic rings. The zero-order valence-electron chi connectivity index (χ0n) is 3.63. The van der Waals surface area contributed by atoms with Gasteiger partial charge in [-0.1, -0.05) is 6.07 Å². The molecular formula is C5H4OS. The molecule has 0 bridgehead atoms. The highest BCUT2D eigenvalue weighted by Crippen LogP contribution is 1.90. The van der Waals surface area contributed by atoms with Gasteiger partial charge in [0.15, 0.2) is 6.79 Å². The molecule has 2 radical (unpaired) electrons. The van der Waals surface area contributed by atoms with E-state index in [2.05, 4.69) is 12.2 Å². The lowest BCUT2D eigenvalue weighted by molar-refractivity contribution is 0.574. The summed E-state index contributed by atoms with van der Waals surface area (Å²) in [7, 11) is 0. The lowest BCUT2D eigenvalue weighted by atomic mass is 10.7.